The molecule has 0 aliphatic heterocycles. The van der Waals surface area contributed by atoms with E-state index in [1.54, 1.807) is 0 Å². The third-order valence-electron chi connectivity index (χ3n) is 2.48. The first-order valence-electron chi connectivity index (χ1n) is 4.64. The first kappa shape index (κ1) is 11.5. The summed E-state index contributed by atoms with van der Waals surface area (Å²) in [6.07, 6.45) is -4.76. The van der Waals surface area contributed by atoms with Crippen molar-refractivity contribution in [2.24, 2.45) is 0 Å². The quantitative estimate of drug-likeness (QED) is 0.705. The number of hydrogen-bond donors (Lipinski definition) is 1. The maximum atomic E-state index is 13.6. The van der Waals surface area contributed by atoms with Gasteiger partial charge in [0, 0.05) is 16.6 Å². The number of H-pyrrole nitrogens is 1. The summed E-state index contributed by atoms with van der Waals surface area (Å²) in [7, 11) is 0. The van der Waals surface area contributed by atoms with Gasteiger partial charge in [0.2, 0.25) is 0 Å². The van der Waals surface area contributed by atoms with Crippen molar-refractivity contribution in [2.45, 2.75) is 13.1 Å². The number of aryl methyl sites for hydroxylation is 1. The van der Waals surface area contributed by atoms with Gasteiger partial charge in [-0.3, -0.25) is 0 Å². The Labute approximate surface area is 93.5 Å². The molecule has 1 heterocycles. The maximum absolute atomic E-state index is 13.6. The van der Waals surface area contributed by atoms with Crippen molar-refractivity contribution in [1.82, 2.24) is 4.98 Å². The lowest BCUT2D eigenvalue weighted by molar-refractivity contribution is -0.136. The fourth-order valence-electron chi connectivity index (χ4n) is 1.77. The molecule has 0 amide bonds. The van der Waals surface area contributed by atoms with Crippen LogP contribution in [-0.4, -0.2) is 4.98 Å². The molecule has 0 aliphatic rings. The normalized spacial score (nSPS) is 11.8. The second-order valence-corrected chi connectivity index (χ2v) is 3.58. The molecule has 2 rings (SSSR count). The van der Waals surface area contributed by atoms with Crippen molar-refractivity contribution in [1.29, 1.82) is 5.26 Å². The highest BCUT2D eigenvalue weighted by Crippen LogP contribution is 2.38. The highest BCUT2D eigenvalue weighted by Gasteiger charge is 2.37. The first-order chi connectivity index (χ1) is 7.86. The summed E-state index contributed by atoms with van der Waals surface area (Å²) in [4.78, 5) is 2.51. The predicted octanol–water partition coefficient (Wildman–Crippen LogP) is 3.51. The zero-order chi connectivity index (χ0) is 12.8. The fraction of sp³-hybridized carbons (Fsp3) is 0.182. The SMILES string of the molecule is Cc1[nH]c2ccc(C#N)c(C(F)(F)F)c2c1F. The van der Waals surface area contributed by atoms with Crippen LogP contribution in [0.3, 0.4) is 0 Å². The average molecular weight is 242 g/mol. The van der Waals surface area contributed by atoms with Gasteiger partial charge in [-0.15, -0.1) is 0 Å². The number of nitrogens with zero attached hydrogens (tertiary/aromatic N) is 1. The van der Waals surface area contributed by atoms with Gasteiger partial charge in [-0.1, -0.05) is 0 Å². The molecule has 0 spiro atoms. The van der Waals surface area contributed by atoms with Gasteiger partial charge in [0.25, 0.3) is 0 Å². The highest BCUT2D eigenvalue weighted by molar-refractivity contribution is 5.87. The minimum Gasteiger partial charge on any atom is -0.356 e. The molecular weight excluding hydrogens is 236 g/mol. The van der Waals surface area contributed by atoms with Gasteiger partial charge < -0.3 is 4.98 Å². The van der Waals surface area contributed by atoms with Crippen LogP contribution in [0.2, 0.25) is 0 Å². The van der Waals surface area contributed by atoms with Crippen LogP contribution in [0.4, 0.5) is 17.6 Å². The highest BCUT2D eigenvalue weighted by atomic mass is 19.4. The Bertz CT molecular complexity index is 631. The van der Waals surface area contributed by atoms with Crippen LogP contribution in [0.25, 0.3) is 10.9 Å². The number of rotatable bonds is 0. The van der Waals surface area contributed by atoms with E-state index in [0.717, 1.165) is 6.07 Å². The van der Waals surface area contributed by atoms with Crippen molar-refractivity contribution < 1.29 is 17.6 Å². The van der Waals surface area contributed by atoms with E-state index in [0.29, 0.717) is 0 Å². The van der Waals surface area contributed by atoms with Crippen molar-refractivity contribution >= 4 is 10.9 Å². The van der Waals surface area contributed by atoms with Crippen LogP contribution < -0.4 is 0 Å². The number of hydrogen-bond acceptors (Lipinski definition) is 1. The van der Waals surface area contributed by atoms with E-state index in [1.165, 1.54) is 19.1 Å². The number of nitriles is 1. The number of aromatic amines is 1. The maximum Gasteiger partial charge on any atom is 0.418 e. The number of fused-ring (bicyclic) bond motifs is 1. The third kappa shape index (κ3) is 1.64. The topological polar surface area (TPSA) is 39.6 Å². The van der Waals surface area contributed by atoms with Gasteiger partial charge in [0.15, 0.2) is 5.82 Å². The van der Waals surface area contributed by atoms with E-state index < -0.39 is 28.5 Å². The zero-order valence-corrected chi connectivity index (χ0v) is 8.61. The lowest BCUT2D eigenvalue weighted by Crippen LogP contribution is -2.09. The molecule has 17 heavy (non-hydrogen) atoms. The van der Waals surface area contributed by atoms with Crippen molar-refractivity contribution in [3.8, 4) is 6.07 Å². The van der Waals surface area contributed by atoms with Crippen LogP contribution in [0, 0.1) is 24.1 Å². The van der Waals surface area contributed by atoms with E-state index in [2.05, 4.69) is 4.98 Å². The van der Waals surface area contributed by atoms with E-state index >= 15 is 0 Å². The molecule has 0 radical (unpaired) electrons. The molecule has 0 saturated carbocycles. The lowest BCUT2D eigenvalue weighted by Gasteiger charge is -2.09. The monoisotopic (exact) mass is 242 g/mol. The standard InChI is InChI=1S/C11H6F4N2/c1-5-10(12)8-7(17-5)3-2-6(4-16)9(8)11(13,14)15/h2-3,17H,1H3. The Kier molecular flexibility index (Phi) is 2.35. The molecule has 0 saturated heterocycles. The molecule has 2 nitrogen and oxygen atoms in total. The summed E-state index contributed by atoms with van der Waals surface area (Å²) in [6.45, 7) is 1.33. The Morgan fingerprint density at radius 1 is 1.29 bits per heavy atom. The Balaban J connectivity index is 2.99. The van der Waals surface area contributed by atoms with Gasteiger partial charge in [-0.05, 0) is 19.1 Å². The molecule has 0 fully saturated rings. The zero-order valence-electron chi connectivity index (χ0n) is 8.61. The van der Waals surface area contributed by atoms with Crippen molar-refractivity contribution in [3.05, 3.63) is 34.8 Å². The first-order valence-corrected chi connectivity index (χ1v) is 4.64. The van der Waals surface area contributed by atoms with Crippen LogP contribution in [0.15, 0.2) is 12.1 Å². The minimum atomic E-state index is -4.76. The summed E-state index contributed by atoms with van der Waals surface area (Å²) >= 11 is 0. The van der Waals surface area contributed by atoms with Gasteiger partial charge >= 0.3 is 6.18 Å². The Morgan fingerprint density at radius 3 is 2.47 bits per heavy atom. The van der Waals surface area contributed by atoms with Crippen LogP contribution in [0.5, 0.6) is 0 Å². The number of benzene rings is 1. The molecule has 1 aromatic heterocycles. The molecule has 2 aromatic rings. The Hall–Kier alpha value is -2.03. The van der Waals surface area contributed by atoms with Crippen molar-refractivity contribution in [2.75, 3.05) is 0 Å². The van der Waals surface area contributed by atoms with Crippen LogP contribution >= 0.6 is 0 Å². The fourth-order valence-corrected chi connectivity index (χ4v) is 1.77. The van der Waals surface area contributed by atoms with Crippen LogP contribution in [0.1, 0.15) is 16.8 Å². The summed E-state index contributed by atoms with van der Waals surface area (Å²) < 4.78 is 52.1. The van der Waals surface area contributed by atoms with Gasteiger partial charge in [0.1, 0.15) is 0 Å². The molecule has 0 atom stereocenters. The molecule has 1 N–H and O–H groups in total. The molecule has 0 aliphatic carbocycles. The van der Waals surface area contributed by atoms with Gasteiger partial charge in [-0.2, -0.15) is 18.4 Å². The summed E-state index contributed by atoms with van der Waals surface area (Å²) in [5.74, 6) is -0.968. The van der Waals surface area contributed by atoms with E-state index in [-0.39, 0.29) is 11.2 Å². The molecule has 6 heteroatoms. The minimum absolute atomic E-state index is 0.0144. The van der Waals surface area contributed by atoms with Crippen LogP contribution in [-0.2, 0) is 6.18 Å². The number of halogens is 4. The number of nitrogens with one attached hydrogen (secondary N) is 1. The van der Waals surface area contributed by atoms with E-state index in [9.17, 15) is 17.6 Å². The third-order valence-corrected chi connectivity index (χ3v) is 2.48. The summed E-state index contributed by atoms with van der Waals surface area (Å²) in [6, 6.07) is 3.72. The Morgan fingerprint density at radius 2 is 1.94 bits per heavy atom. The van der Waals surface area contributed by atoms with Gasteiger partial charge in [-0.25, -0.2) is 4.39 Å². The second-order valence-electron chi connectivity index (χ2n) is 3.58. The number of alkyl halides is 3. The van der Waals surface area contributed by atoms with E-state index in [1.807, 2.05) is 0 Å². The number of aromatic nitrogens is 1. The van der Waals surface area contributed by atoms with Gasteiger partial charge in [0.05, 0.1) is 17.2 Å². The second kappa shape index (κ2) is 3.48. The molecular formula is C11H6F4N2. The summed E-state index contributed by atoms with van der Waals surface area (Å²) in [5.41, 5.74) is -1.76. The molecule has 88 valence electrons. The molecule has 1 aromatic carbocycles. The smallest absolute Gasteiger partial charge is 0.356 e. The predicted molar refractivity (Wildman–Crippen MR) is 52.7 cm³/mol. The lowest BCUT2D eigenvalue weighted by atomic mass is 10.0. The van der Waals surface area contributed by atoms with Crippen molar-refractivity contribution in [3.63, 3.8) is 0 Å². The van der Waals surface area contributed by atoms with E-state index in [4.69, 9.17) is 5.26 Å². The summed E-state index contributed by atoms with van der Waals surface area (Å²) in [5, 5.41) is 8.08. The molecule has 0 bridgehead atoms. The molecule has 0 unspecified atom stereocenters. The largest absolute Gasteiger partial charge is 0.418 e. The average Bonchev–Trinajstić information content (AvgIpc) is 2.52.